The highest BCUT2D eigenvalue weighted by molar-refractivity contribution is 7.13. The number of hydrogen-bond acceptors (Lipinski definition) is 4. The summed E-state index contributed by atoms with van der Waals surface area (Å²) in [5.41, 5.74) is 9.54. The highest BCUT2D eigenvalue weighted by atomic mass is 32.1. The maximum Gasteiger partial charge on any atom is 0.116 e. The van der Waals surface area contributed by atoms with Crippen molar-refractivity contribution >= 4 is 38.8 Å². The van der Waals surface area contributed by atoms with Gasteiger partial charge in [0, 0.05) is 44.2 Å². The zero-order valence-corrected chi connectivity index (χ0v) is 21.2. The predicted octanol–water partition coefficient (Wildman–Crippen LogP) is 8.62. The van der Waals surface area contributed by atoms with Crippen LogP contribution in [-0.2, 0) is 0 Å². The minimum atomic E-state index is 0.560. The van der Waals surface area contributed by atoms with Gasteiger partial charge in [-0.2, -0.15) is 5.10 Å². The highest BCUT2D eigenvalue weighted by Crippen LogP contribution is 2.37. The van der Waals surface area contributed by atoms with Crippen LogP contribution in [0.25, 0.3) is 54.8 Å². The van der Waals surface area contributed by atoms with Crippen molar-refractivity contribution in [3.05, 3.63) is 90.7 Å². The Hall–Kier alpha value is -4.16. The van der Waals surface area contributed by atoms with Gasteiger partial charge in [-0.1, -0.05) is 43.7 Å². The number of aromatic amines is 2. The first-order valence-electron chi connectivity index (χ1n) is 12.8. The standard InChI is InChI=1S/C31H27N5S/c1-19(20-6-2-3-7-20)33-23-14-22(17-32-18-23)21-11-12-28-26(15-21)31(36-35-28)29-16-25-24(30-10-5-13-37-30)8-4-9-27(25)34-29/h4-5,8-18,20,33-34H,1-3,6-7H2,(H,35,36). The van der Waals surface area contributed by atoms with Gasteiger partial charge in [-0.05, 0) is 66.1 Å². The summed E-state index contributed by atoms with van der Waals surface area (Å²) in [5, 5.41) is 15.8. The molecule has 0 atom stereocenters. The second-order valence-corrected chi connectivity index (χ2v) is 10.8. The normalized spacial score (nSPS) is 14.1. The molecule has 0 bridgehead atoms. The topological polar surface area (TPSA) is 69.4 Å². The number of pyridine rings is 1. The Morgan fingerprint density at radius 1 is 0.919 bits per heavy atom. The van der Waals surface area contributed by atoms with Crippen molar-refractivity contribution in [2.24, 2.45) is 5.92 Å². The van der Waals surface area contributed by atoms with E-state index < -0.39 is 0 Å². The fourth-order valence-corrected chi connectivity index (χ4v) is 6.32. The average molecular weight is 502 g/mol. The maximum absolute atomic E-state index is 4.70. The van der Waals surface area contributed by atoms with Gasteiger partial charge in [0.05, 0.1) is 23.1 Å². The molecule has 182 valence electrons. The van der Waals surface area contributed by atoms with Crippen molar-refractivity contribution in [3.63, 3.8) is 0 Å². The van der Waals surface area contributed by atoms with E-state index in [-0.39, 0.29) is 0 Å². The molecule has 1 aliphatic rings. The molecule has 0 amide bonds. The van der Waals surface area contributed by atoms with E-state index in [1.807, 2.05) is 12.4 Å². The van der Waals surface area contributed by atoms with Gasteiger partial charge in [-0.15, -0.1) is 11.3 Å². The lowest BCUT2D eigenvalue weighted by Crippen LogP contribution is -2.07. The summed E-state index contributed by atoms with van der Waals surface area (Å²) in [6.07, 6.45) is 8.83. The lowest BCUT2D eigenvalue weighted by molar-refractivity contribution is 0.649. The molecule has 0 radical (unpaired) electrons. The van der Waals surface area contributed by atoms with E-state index in [2.05, 4.69) is 93.0 Å². The number of nitrogens with zero attached hydrogens (tertiary/aromatic N) is 2. The minimum Gasteiger partial charge on any atom is -0.358 e. The van der Waals surface area contributed by atoms with Crippen LogP contribution in [0.15, 0.2) is 90.7 Å². The number of rotatable bonds is 6. The molecule has 0 saturated heterocycles. The molecule has 4 heterocycles. The number of allylic oxidation sites excluding steroid dienone is 1. The van der Waals surface area contributed by atoms with Crippen molar-refractivity contribution in [1.82, 2.24) is 20.2 Å². The third kappa shape index (κ3) is 4.03. The largest absolute Gasteiger partial charge is 0.358 e. The van der Waals surface area contributed by atoms with Gasteiger partial charge in [-0.3, -0.25) is 10.1 Å². The Balaban J connectivity index is 1.25. The highest BCUT2D eigenvalue weighted by Gasteiger charge is 2.18. The molecular formula is C31H27N5S. The zero-order valence-electron chi connectivity index (χ0n) is 20.4. The van der Waals surface area contributed by atoms with Crippen molar-refractivity contribution in [3.8, 4) is 33.0 Å². The third-order valence-electron chi connectivity index (χ3n) is 7.49. The molecule has 1 aliphatic carbocycles. The second-order valence-electron chi connectivity index (χ2n) is 9.85. The van der Waals surface area contributed by atoms with Gasteiger partial charge in [0.25, 0.3) is 0 Å². The first-order valence-corrected chi connectivity index (χ1v) is 13.7. The molecule has 5 nitrogen and oxygen atoms in total. The number of nitrogens with one attached hydrogen (secondary N) is 3. The fourth-order valence-electron chi connectivity index (χ4n) is 5.56. The molecule has 7 rings (SSSR count). The quantitative estimate of drug-likeness (QED) is 0.214. The first-order chi connectivity index (χ1) is 18.2. The number of benzene rings is 2. The third-order valence-corrected chi connectivity index (χ3v) is 8.40. The number of hydrogen-bond donors (Lipinski definition) is 3. The Morgan fingerprint density at radius 2 is 1.84 bits per heavy atom. The summed E-state index contributed by atoms with van der Waals surface area (Å²) < 4.78 is 0. The van der Waals surface area contributed by atoms with Gasteiger partial charge in [0.15, 0.2) is 0 Å². The number of aromatic nitrogens is 4. The van der Waals surface area contributed by atoms with Gasteiger partial charge in [-0.25, -0.2) is 0 Å². The van der Waals surface area contributed by atoms with Crippen LogP contribution >= 0.6 is 11.3 Å². The van der Waals surface area contributed by atoms with Crippen LogP contribution in [0, 0.1) is 5.92 Å². The lowest BCUT2D eigenvalue weighted by Gasteiger charge is -2.16. The van der Waals surface area contributed by atoms with E-state index in [0.29, 0.717) is 5.92 Å². The summed E-state index contributed by atoms with van der Waals surface area (Å²) in [6, 6.07) is 21.5. The van der Waals surface area contributed by atoms with E-state index in [4.69, 9.17) is 5.10 Å². The van der Waals surface area contributed by atoms with E-state index in [9.17, 15) is 0 Å². The molecule has 6 heteroatoms. The molecule has 0 spiro atoms. The van der Waals surface area contributed by atoms with Gasteiger partial charge >= 0.3 is 0 Å². The van der Waals surface area contributed by atoms with Gasteiger partial charge < -0.3 is 10.3 Å². The second kappa shape index (κ2) is 9.05. The summed E-state index contributed by atoms with van der Waals surface area (Å²) in [7, 11) is 0. The van der Waals surface area contributed by atoms with Crippen molar-refractivity contribution in [2.75, 3.05) is 5.32 Å². The Bertz CT molecular complexity index is 1730. The van der Waals surface area contributed by atoms with Crippen LogP contribution in [0.1, 0.15) is 25.7 Å². The van der Waals surface area contributed by atoms with Crippen molar-refractivity contribution in [2.45, 2.75) is 25.7 Å². The number of H-pyrrole nitrogens is 2. The van der Waals surface area contributed by atoms with E-state index in [1.165, 1.54) is 41.5 Å². The maximum atomic E-state index is 4.70. The molecule has 0 unspecified atom stereocenters. The van der Waals surface area contributed by atoms with E-state index in [1.54, 1.807) is 11.3 Å². The average Bonchev–Trinajstić information content (AvgIpc) is 3.74. The molecule has 1 fully saturated rings. The fraction of sp³-hybridized carbons (Fsp3) is 0.161. The molecule has 37 heavy (non-hydrogen) atoms. The Labute approximate surface area is 219 Å². The SMILES string of the molecule is C=C(Nc1cncc(-c2ccc3[nH]nc(-c4cc5c(-c6cccs6)cccc5[nH]4)c3c2)c1)C1CCCC1. The van der Waals surface area contributed by atoms with Crippen LogP contribution < -0.4 is 5.32 Å². The molecule has 1 saturated carbocycles. The minimum absolute atomic E-state index is 0.560. The van der Waals surface area contributed by atoms with Crippen LogP contribution in [0.5, 0.6) is 0 Å². The van der Waals surface area contributed by atoms with Crippen molar-refractivity contribution < 1.29 is 0 Å². The predicted molar refractivity (Wildman–Crippen MR) is 155 cm³/mol. The van der Waals surface area contributed by atoms with Crippen molar-refractivity contribution in [1.29, 1.82) is 0 Å². The molecule has 4 aromatic heterocycles. The van der Waals surface area contributed by atoms with E-state index in [0.717, 1.165) is 50.3 Å². The molecule has 6 aromatic rings. The van der Waals surface area contributed by atoms with Gasteiger partial charge in [0.1, 0.15) is 5.69 Å². The summed E-state index contributed by atoms with van der Waals surface area (Å²) in [6.45, 7) is 4.30. The molecular weight excluding hydrogens is 474 g/mol. The molecule has 0 aliphatic heterocycles. The van der Waals surface area contributed by atoms with Crippen LogP contribution in [0.2, 0.25) is 0 Å². The number of thiophene rings is 1. The van der Waals surface area contributed by atoms with E-state index >= 15 is 0 Å². The molecule has 2 aromatic carbocycles. The monoisotopic (exact) mass is 501 g/mol. The molecule has 3 N–H and O–H groups in total. The Morgan fingerprint density at radius 3 is 2.70 bits per heavy atom. The smallest absolute Gasteiger partial charge is 0.116 e. The van der Waals surface area contributed by atoms with Crippen LogP contribution in [-0.4, -0.2) is 20.2 Å². The number of anilines is 1. The Kier molecular flexibility index (Phi) is 5.40. The van der Waals surface area contributed by atoms with Gasteiger partial charge in [0.2, 0.25) is 0 Å². The summed E-state index contributed by atoms with van der Waals surface area (Å²) in [4.78, 5) is 9.38. The van der Waals surface area contributed by atoms with Crippen LogP contribution in [0.3, 0.4) is 0 Å². The summed E-state index contributed by atoms with van der Waals surface area (Å²) in [5.74, 6) is 0.560. The van der Waals surface area contributed by atoms with Crippen LogP contribution in [0.4, 0.5) is 5.69 Å². The number of fused-ring (bicyclic) bond motifs is 2. The lowest BCUT2D eigenvalue weighted by atomic mass is 10.0. The summed E-state index contributed by atoms with van der Waals surface area (Å²) >= 11 is 1.76. The zero-order chi connectivity index (χ0) is 24.8. The first kappa shape index (κ1) is 22.1.